The predicted molar refractivity (Wildman–Crippen MR) is 76.0 cm³/mol. The average Bonchev–Trinajstić information content (AvgIpc) is 2.83. The van der Waals surface area contributed by atoms with Gasteiger partial charge in [-0.15, -0.1) is 11.3 Å². The van der Waals surface area contributed by atoms with Crippen LogP contribution in [0.3, 0.4) is 0 Å². The molecule has 0 radical (unpaired) electrons. The highest BCUT2D eigenvalue weighted by Crippen LogP contribution is 2.32. The largest absolute Gasteiger partial charge is 0.309 e. The first-order valence-electron chi connectivity index (χ1n) is 5.86. The summed E-state index contributed by atoms with van der Waals surface area (Å²) < 4.78 is 13.3. The lowest BCUT2D eigenvalue weighted by Gasteiger charge is -2.16. The minimum Gasteiger partial charge on any atom is -0.309 e. The van der Waals surface area contributed by atoms with Crippen molar-refractivity contribution in [1.29, 1.82) is 0 Å². The number of hydrogen-bond donors (Lipinski definition) is 1. The van der Waals surface area contributed by atoms with Gasteiger partial charge in [0.05, 0.1) is 6.04 Å². The van der Waals surface area contributed by atoms with Crippen LogP contribution in [-0.2, 0) is 6.42 Å². The lowest BCUT2D eigenvalue weighted by molar-refractivity contribution is 0.618. The van der Waals surface area contributed by atoms with Crippen molar-refractivity contribution in [1.82, 2.24) is 5.32 Å². The molecule has 1 unspecified atom stereocenters. The maximum atomic E-state index is 13.3. The van der Waals surface area contributed by atoms with E-state index in [2.05, 4.69) is 24.4 Å². The van der Waals surface area contributed by atoms with Crippen LogP contribution in [0.1, 0.15) is 28.3 Å². The monoisotopic (exact) mass is 283 g/mol. The zero-order valence-electron chi connectivity index (χ0n) is 10.3. The molecule has 1 heterocycles. The van der Waals surface area contributed by atoms with Gasteiger partial charge in [0.1, 0.15) is 5.82 Å². The molecule has 0 saturated carbocycles. The molecule has 1 nitrogen and oxygen atoms in total. The third kappa shape index (κ3) is 2.74. The summed E-state index contributed by atoms with van der Waals surface area (Å²) in [5.41, 5.74) is 0.781. The van der Waals surface area contributed by atoms with Gasteiger partial charge in [-0.1, -0.05) is 18.5 Å². The maximum absolute atomic E-state index is 13.3. The molecule has 1 N–H and O–H groups in total. The highest BCUT2D eigenvalue weighted by molar-refractivity contribution is 7.12. The number of rotatable bonds is 4. The first-order chi connectivity index (χ1) is 8.65. The van der Waals surface area contributed by atoms with Crippen LogP contribution in [0.2, 0.25) is 5.02 Å². The third-order valence-corrected chi connectivity index (χ3v) is 4.51. The summed E-state index contributed by atoms with van der Waals surface area (Å²) in [6.45, 7) is 2.12. The number of benzene rings is 1. The molecule has 1 atom stereocenters. The topological polar surface area (TPSA) is 12.0 Å². The normalized spacial score (nSPS) is 12.7. The van der Waals surface area contributed by atoms with Crippen molar-refractivity contribution >= 4 is 22.9 Å². The van der Waals surface area contributed by atoms with E-state index < -0.39 is 0 Å². The average molecular weight is 284 g/mol. The number of aryl methyl sites for hydroxylation is 1. The second kappa shape index (κ2) is 5.83. The van der Waals surface area contributed by atoms with Crippen LogP contribution in [0.5, 0.6) is 0 Å². The van der Waals surface area contributed by atoms with E-state index in [0.717, 1.165) is 16.9 Å². The lowest BCUT2D eigenvalue weighted by Crippen LogP contribution is -2.17. The van der Waals surface area contributed by atoms with Crippen molar-refractivity contribution in [2.45, 2.75) is 19.4 Å². The molecule has 1 aromatic heterocycles. The summed E-state index contributed by atoms with van der Waals surface area (Å²) in [6.07, 6.45) is 1.01. The molecule has 0 amide bonds. The van der Waals surface area contributed by atoms with Gasteiger partial charge in [0.2, 0.25) is 0 Å². The second-order valence-electron chi connectivity index (χ2n) is 4.05. The van der Waals surface area contributed by atoms with Crippen LogP contribution < -0.4 is 5.32 Å². The number of thiophene rings is 1. The van der Waals surface area contributed by atoms with Crippen molar-refractivity contribution in [2.75, 3.05) is 7.05 Å². The molecular weight excluding hydrogens is 269 g/mol. The second-order valence-corrected chi connectivity index (χ2v) is 5.65. The van der Waals surface area contributed by atoms with Gasteiger partial charge in [0, 0.05) is 14.8 Å². The van der Waals surface area contributed by atoms with Crippen LogP contribution in [0.25, 0.3) is 0 Å². The minimum absolute atomic E-state index is 0.0569. The third-order valence-electron chi connectivity index (χ3n) is 2.87. The van der Waals surface area contributed by atoms with Crippen molar-refractivity contribution in [3.8, 4) is 0 Å². The van der Waals surface area contributed by atoms with Crippen LogP contribution >= 0.6 is 22.9 Å². The van der Waals surface area contributed by atoms with Crippen molar-refractivity contribution in [3.05, 3.63) is 56.5 Å². The zero-order valence-corrected chi connectivity index (χ0v) is 11.9. The molecule has 2 rings (SSSR count). The Kier molecular flexibility index (Phi) is 4.38. The fraction of sp³-hybridized carbons (Fsp3) is 0.286. The quantitative estimate of drug-likeness (QED) is 0.876. The highest BCUT2D eigenvalue weighted by Gasteiger charge is 2.17. The molecule has 0 bridgehead atoms. The van der Waals surface area contributed by atoms with Crippen LogP contribution in [0, 0.1) is 5.82 Å². The van der Waals surface area contributed by atoms with Gasteiger partial charge >= 0.3 is 0 Å². The fourth-order valence-corrected chi connectivity index (χ4v) is 3.24. The SMILES string of the molecule is CCc1ccc(C(NC)c2cc(F)ccc2Cl)s1. The minimum atomic E-state index is -0.262. The molecule has 18 heavy (non-hydrogen) atoms. The van der Waals surface area contributed by atoms with Crippen LogP contribution in [-0.4, -0.2) is 7.05 Å². The number of hydrogen-bond acceptors (Lipinski definition) is 2. The Hall–Kier alpha value is -0.900. The summed E-state index contributed by atoms with van der Waals surface area (Å²) in [7, 11) is 1.86. The molecule has 2 aromatic rings. The predicted octanol–water partition coefficient (Wildman–Crippen LogP) is 4.41. The summed E-state index contributed by atoms with van der Waals surface area (Å²) in [5.74, 6) is -0.262. The van der Waals surface area contributed by atoms with Gasteiger partial charge in [-0.05, 0) is 49.4 Å². The van der Waals surface area contributed by atoms with Crippen molar-refractivity contribution < 1.29 is 4.39 Å². The first-order valence-corrected chi connectivity index (χ1v) is 7.06. The van der Waals surface area contributed by atoms with E-state index in [1.54, 1.807) is 17.4 Å². The Morgan fingerprint density at radius 1 is 1.33 bits per heavy atom. The number of nitrogens with one attached hydrogen (secondary N) is 1. The zero-order chi connectivity index (χ0) is 13.1. The summed E-state index contributed by atoms with van der Waals surface area (Å²) in [4.78, 5) is 2.47. The Morgan fingerprint density at radius 3 is 2.72 bits per heavy atom. The summed E-state index contributed by atoms with van der Waals surface area (Å²) in [6, 6.07) is 8.60. The molecule has 4 heteroatoms. The van der Waals surface area contributed by atoms with Gasteiger partial charge in [0.25, 0.3) is 0 Å². The lowest BCUT2D eigenvalue weighted by atomic mass is 10.1. The molecule has 0 fully saturated rings. The van der Waals surface area contributed by atoms with Gasteiger partial charge in [-0.25, -0.2) is 4.39 Å². The Balaban J connectivity index is 2.41. The van der Waals surface area contributed by atoms with Crippen molar-refractivity contribution in [3.63, 3.8) is 0 Å². The molecule has 0 aliphatic heterocycles. The van der Waals surface area contributed by atoms with E-state index in [9.17, 15) is 4.39 Å². The smallest absolute Gasteiger partial charge is 0.123 e. The van der Waals surface area contributed by atoms with Gasteiger partial charge < -0.3 is 5.32 Å². The molecule has 0 aliphatic carbocycles. The summed E-state index contributed by atoms with van der Waals surface area (Å²) >= 11 is 7.89. The maximum Gasteiger partial charge on any atom is 0.123 e. The van der Waals surface area contributed by atoms with Gasteiger partial charge in [0.15, 0.2) is 0 Å². The van der Waals surface area contributed by atoms with Gasteiger partial charge in [-0.3, -0.25) is 0 Å². The highest BCUT2D eigenvalue weighted by atomic mass is 35.5. The van der Waals surface area contributed by atoms with E-state index in [4.69, 9.17) is 11.6 Å². The van der Waals surface area contributed by atoms with Crippen molar-refractivity contribution in [2.24, 2.45) is 0 Å². The first kappa shape index (κ1) is 13.5. The Bertz CT molecular complexity index is 538. The number of halogens is 2. The molecule has 0 aliphatic rings. The molecular formula is C14H15ClFNS. The van der Waals surface area contributed by atoms with Crippen LogP contribution in [0.15, 0.2) is 30.3 Å². The van der Waals surface area contributed by atoms with E-state index in [1.807, 2.05) is 7.05 Å². The van der Waals surface area contributed by atoms with E-state index in [1.165, 1.54) is 17.0 Å². The molecule has 96 valence electrons. The van der Waals surface area contributed by atoms with Crippen LogP contribution in [0.4, 0.5) is 4.39 Å². The van der Waals surface area contributed by atoms with Gasteiger partial charge in [-0.2, -0.15) is 0 Å². The van der Waals surface area contributed by atoms with E-state index in [-0.39, 0.29) is 11.9 Å². The standard InChI is InChI=1S/C14H15ClFNS/c1-3-10-5-7-13(18-10)14(17-2)11-8-9(16)4-6-12(11)15/h4-8,14,17H,3H2,1-2H3. The van der Waals surface area contributed by atoms with E-state index in [0.29, 0.717) is 5.02 Å². The van der Waals surface area contributed by atoms with E-state index >= 15 is 0 Å². The fourth-order valence-electron chi connectivity index (χ4n) is 1.93. The molecule has 0 spiro atoms. The Morgan fingerprint density at radius 2 is 2.11 bits per heavy atom. The Labute approximate surface area is 116 Å². The molecule has 0 saturated heterocycles. The summed E-state index contributed by atoms with van der Waals surface area (Å²) in [5, 5.41) is 3.78. The molecule has 1 aromatic carbocycles.